The molecule has 2 saturated carbocycles. The minimum atomic E-state index is -0.676. The van der Waals surface area contributed by atoms with Gasteiger partial charge in [0.15, 0.2) is 0 Å². The molecule has 0 aromatic rings. The maximum atomic E-state index is 10.7. The van der Waals surface area contributed by atoms with Crippen LogP contribution in [0.2, 0.25) is 0 Å². The Bertz CT molecular complexity index is 209. The van der Waals surface area contributed by atoms with Crippen molar-refractivity contribution < 1.29 is 9.90 Å². The van der Waals surface area contributed by atoms with Gasteiger partial charge >= 0.3 is 5.97 Å². The van der Waals surface area contributed by atoms with E-state index in [1.165, 1.54) is 32.1 Å². The monoisotopic (exact) mass is 197 g/mol. The number of aliphatic carboxylic acids is 1. The maximum Gasteiger partial charge on any atom is 0.317 e. The summed E-state index contributed by atoms with van der Waals surface area (Å²) in [6.07, 6.45) is 6.57. The molecule has 2 aliphatic rings. The van der Waals surface area contributed by atoms with Crippen LogP contribution in [0, 0.1) is 11.8 Å². The van der Waals surface area contributed by atoms with E-state index in [-0.39, 0.29) is 6.54 Å². The fraction of sp³-hybridized carbons (Fsp3) is 0.909. The number of carboxylic acid groups (broad SMARTS) is 1. The van der Waals surface area contributed by atoms with Gasteiger partial charge in [-0.2, -0.15) is 0 Å². The van der Waals surface area contributed by atoms with E-state index in [4.69, 9.17) is 5.11 Å². The highest BCUT2D eigenvalue weighted by Crippen LogP contribution is 2.32. The van der Waals surface area contributed by atoms with E-state index in [1.807, 2.05) is 0 Å². The Hall–Kier alpha value is -0.570. The van der Waals surface area contributed by atoms with Crippen molar-refractivity contribution in [1.29, 1.82) is 0 Å². The Morgan fingerprint density at radius 3 is 2.07 bits per heavy atom. The van der Waals surface area contributed by atoms with Gasteiger partial charge in [0.25, 0.3) is 0 Å². The Morgan fingerprint density at radius 1 is 1.14 bits per heavy atom. The molecule has 0 amide bonds. The van der Waals surface area contributed by atoms with Crippen molar-refractivity contribution in [2.24, 2.45) is 11.8 Å². The van der Waals surface area contributed by atoms with Crippen molar-refractivity contribution in [2.75, 3.05) is 19.6 Å². The molecule has 0 bridgehead atoms. The van der Waals surface area contributed by atoms with Crippen molar-refractivity contribution >= 4 is 5.97 Å². The van der Waals surface area contributed by atoms with Crippen LogP contribution in [0.15, 0.2) is 0 Å². The summed E-state index contributed by atoms with van der Waals surface area (Å²) in [5, 5.41) is 8.78. The van der Waals surface area contributed by atoms with E-state index >= 15 is 0 Å². The molecule has 1 N–H and O–H groups in total. The van der Waals surface area contributed by atoms with E-state index in [9.17, 15) is 4.79 Å². The summed E-state index contributed by atoms with van der Waals surface area (Å²) in [6, 6.07) is 0. The summed E-state index contributed by atoms with van der Waals surface area (Å²) in [5.74, 6) is 0.910. The first-order valence-corrected chi connectivity index (χ1v) is 5.68. The highest BCUT2D eigenvalue weighted by molar-refractivity contribution is 5.69. The second-order valence-electron chi connectivity index (χ2n) is 4.83. The smallest absolute Gasteiger partial charge is 0.317 e. The van der Waals surface area contributed by atoms with Crippen LogP contribution in [0.25, 0.3) is 0 Å². The first-order valence-electron chi connectivity index (χ1n) is 5.68. The number of nitrogens with zero attached hydrogens (tertiary/aromatic N) is 1. The van der Waals surface area contributed by atoms with Gasteiger partial charge in [0.2, 0.25) is 0 Å². The fourth-order valence-electron chi connectivity index (χ4n) is 2.10. The topological polar surface area (TPSA) is 40.5 Å². The molecule has 0 radical (unpaired) electrons. The van der Waals surface area contributed by atoms with E-state index in [2.05, 4.69) is 4.90 Å². The van der Waals surface area contributed by atoms with E-state index in [1.54, 1.807) is 0 Å². The van der Waals surface area contributed by atoms with Crippen LogP contribution in [0.3, 0.4) is 0 Å². The highest BCUT2D eigenvalue weighted by atomic mass is 16.4. The van der Waals surface area contributed by atoms with Gasteiger partial charge in [-0.1, -0.05) is 6.42 Å². The normalized spacial score (nSPS) is 22.4. The Labute approximate surface area is 85.1 Å². The largest absolute Gasteiger partial charge is 0.480 e. The van der Waals surface area contributed by atoms with Gasteiger partial charge in [0, 0.05) is 13.1 Å². The molecule has 3 nitrogen and oxygen atoms in total. The van der Waals surface area contributed by atoms with Crippen molar-refractivity contribution in [3.05, 3.63) is 0 Å². The molecule has 0 aromatic carbocycles. The molecule has 0 aromatic heterocycles. The lowest BCUT2D eigenvalue weighted by Crippen LogP contribution is -2.37. The number of carbonyl (C=O) groups is 1. The van der Waals surface area contributed by atoms with Crippen molar-refractivity contribution in [3.8, 4) is 0 Å². The summed E-state index contributed by atoms with van der Waals surface area (Å²) in [6.45, 7) is 2.28. The van der Waals surface area contributed by atoms with Gasteiger partial charge in [0.05, 0.1) is 6.54 Å². The first-order chi connectivity index (χ1) is 6.74. The summed E-state index contributed by atoms with van der Waals surface area (Å²) < 4.78 is 0. The van der Waals surface area contributed by atoms with Crippen LogP contribution in [-0.4, -0.2) is 35.6 Å². The Morgan fingerprint density at radius 2 is 1.71 bits per heavy atom. The van der Waals surface area contributed by atoms with Crippen LogP contribution in [0.1, 0.15) is 32.1 Å². The molecule has 2 fully saturated rings. The van der Waals surface area contributed by atoms with E-state index in [0.717, 1.165) is 24.9 Å². The highest BCUT2D eigenvalue weighted by Gasteiger charge is 2.28. The third-order valence-electron chi connectivity index (χ3n) is 3.31. The molecule has 0 spiro atoms. The average Bonchev–Trinajstić information content (AvgIpc) is 2.79. The fourth-order valence-corrected chi connectivity index (χ4v) is 2.10. The Kier molecular flexibility index (Phi) is 3.06. The molecule has 80 valence electrons. The minimum absolute atomic E-state index is 0.243. The molecule has 0 saturated heterocycles. The lowest BCUT2D eigenvalue weighted by atomic mass is 9.85. The molecule has 0 heterocycles. The van der Waals surface area contributed by atoms with Gasteiger partial charge in [-0.25, -0.2) is 0 Å². The van der Waals surface area contributed by atoms with Crippen molar-refractivity contribution in [2.45, 2.75) is 32.1 Å². The van der Waals surface area contributed by atoms with Crippen LogP contribution in [0.5, 0.6) is 0 Å². The van der Waals surface area contributed by atoms with E-state index in [0.29, 0.717) is 0 Å². The summed E-state index contributed by atoms with van der Waals surface area (Å²) in [4.78, 5) is 12.8. The van der Waals surface area contributed by atoms with Gasteiger partial charge in [-0.3, -0.25) is 9.69 Å². The zero-order valence-corrected chi connectivity index (χ0v) is 8.61. The molecular formula is C11H19NO2. The lowest BCUT2D eigenvalue weighted by molar-refractivity contribution is -0.138. The Balaban J connectivity index is 1.73. The van der Waals surface area contributed by atoms with Gasteiger partial charge in [-0.05, 0) is 37.5 Å². The summed E-state index contributed by atoms with van der Waals surface area (Å²) >= 11 is 0. The minimum Gasteiger partial charge on any atom is -0.480 e. The van der Waals surface area contributed by atoms with Gasteiger partial charge in [0.1, 0.15) is 0 Å². The molecule has 2 rings (SSSR count). The van der Waals surface area contributed by atoms with Crippen LogP contribution in [-0.2, 0) is 4.79 Å². The predicted octanol–water partition coefficient (Wildman–Crippen LogP) is 1.58. The molecular weight excluding hydrogens is 178 g/mol. The third-order valence-corrected chi connectivity index (χ3v) is 3.31. The average molecular weight is 197 g/mol. The number of hydrogen-bond donors (Lipinski definition) is 1. The second kappa shape index (κ2) is 4.30. The quantitative estimate of drug-likeness (QED) is 0.703. The third kappa shape index (κ3) is 2.98. The zero-order chi connectivity index (χ0) is 9.97. The van der Waals surface area contributed by atoms with Crippen LogP contribution in [0.4, 0.5) is 0 Å². The van der Waals surface area contributed by atoms with E-state index < -0.39 is 5.97 Å². The first kappa shape index (κ1) is 9.97. The summed E-state index contributed by atoms with van der Waals surface area (Å²) in [5.41, 5.74) is 0. The maximum absolute atomic E-state index is 10.7. The standard InChI is InChI=1S/C11H19NO2/c13-11(14)8-12(7-10-4-5-10)6-9-2-1-3-9/h9-10H,1-8H2,(H,13,14). The molecule has 3 heteroatoms. The van der Waals surface area contributed by atoms with Crippen molar-refractivity contribution in [3.63, 3.8) is 0 Å². The molecule has 0 atom stereocenters. The lowest BCUT2D eigenvalue weighted by Gasteiger charge is -2.31. The molecule has 0 aliphatic heterocycles. The zero-order valence-electron chi connectivity index (χ0n) is 8.61. The second-order valence-corrected chi connectivity index (χ2v) is 4.83. The van der Waals surface area contributed by atoms with Crippen LogP contribution >= 0.6 is 0 Å². The number of rotatable bonds is 6. The number of carboxylic acids is 1. The SMILES string of the molecule is O=C(O)CN(CC1CCC1)CC1CC1. The molecule has 2 aliphatic carbocycles. The van der Waals surface area contributed by atoms with Gasteiger partial charge < -0.3 is 5.11 Å². The molecule has 14 heavy (non-hydrogen) atoms. The number of hydrogen-bond acceptors (Lipinski definition) is 2. The van der Waals surface area contributed by atoms with Gasteiger partial charge in [-0.15, -0.1) is 0 Å². The van der Waals surface area contributed by atoms with Crippen molar-refractivity contribution in [1.82, 2.24) is 4.90 Å². The molecule has 0 unspecified atom stereocenters. The predicted molar refractivity (Wildman–Crippen MR) is 54.1 cm³/mol. The van der Waals surface area contributed by atoms with Crippen LogP contribution < -0.4 is 0 Å². The summed E-state index contributed by atoms with van der Waals surface area (Å²) in [7, 11) is 0.